The van der Waals surface area contributed by atoms with Gasteiger partial charge in [0.1, 0.15) is 0 Å². The van der Waals surface area contributed by atoms with Crippen LogP contribution in [0.25, 0.3) is 0 Å². The van der Waals surface area contributed by atoms with Crippen molar-refractivity contribution in [2.45, 2.75) is 77.6 Å². The molecule has 0 aromatic rings. The predicted molar refractivity (Wildman–Crippen MR) is 94.7 cm³/mol. The van der Waals surface area contributed by atoms with Gasteiger partial charge in [-0.1, -0.05) is 19.9 Å². The largest absolute Gasteiger partial charge is 0.393 e. The fourth-order valence-corrected chi connectivity index (χ4v) is 7.42. The van der Waals surface area contributed by atoms with E-state index in [-0.39, 0.29) is 29.1 Å². The zero-order chi connectivity index (χ0) is 18.1. The number of Topliss-reactive ketones (excluding diaryl/α,β-unsaturated/α-hetero) is 1. The molecule has 0 heterocycles. The molecule has 4 aliphatic carbocycles. The second-order valence-electron chi connectivity index (χ2n) is 9.63. The van der Waals surface area contributed by atoms with Gasteiger partial charge in [-0.15, -0.1) is 0 Å². The molecule has 4 aliphatic rings. The van der Waals surface area contributed by atoms with Crippen molar-refractivity contribution in [3.8, 4) is 0 Å². The third-order valence-corrected chi connectivity index (χ3v) is 8.71. The Bertz CT molecular complexity index is 613. The average Bonchev–Trinajstić information content (AvgIpc) is 2.91. The Morgan fingerprint density at radius 3 is 2.56 bits per heavy atom. The van der Waals surface area contributed by atoms with E-state index in [2.05, 4.69) is 6.92 Å². The number of rotatable bonds is 1. The topological polar surface area (TPSA) is 77.8 Å². The summed E-state index contributed by atoms with van der Waals surface area (Å²) in [6, 6.07) is 0. The number of carbonyl (C=O) groups is 1. The first kappa shape index (κ1) is 17.7. The number of aliphatic hydroxyl groups is 3. The summed E-state index contributed by atoms with van der Waals surface area (Å²) in [6.07, 6.45) is 5.58. The van der Waals surface area contributed by atoms with Gasteiger partial charge in [-0.25, -0.2) is 0 Å². The van der Waals surface area contributed by atoms with Crippen molar-refractivity contribution in [2.75, 3.05) is 0 Å². The Kier molecular flexibility index (Phi) is 3.99. The van der Waals surface area contributed by atoms with Crippen LogP contribution < -0.4 is 0 Å². The molecule has 4 nitrogen and oxygen atoms in total. The minimum absolute atomic E-state index is 0.0235. The van der Waals surface area contributed by atoms with Crippen LogP contribution in [0.4, 0.5) is 0 Å². The number of fused-ring (bicyclic) bond motifs is 5. The molecule has 0 aromatic heterocycles. The Morgan fingerprint density at radius 1 is 1.16 bits per heavy atom. The van der Waals surface area contributed by atoms with E-state index in [0.717, 1.165) is 38.5 Å². The van der Waals surface area contributed by atoms with E-state index in [1.807, 2.05) is 13.0 Å². The van der Waals surface area contributed by atoms with Gasteiger partial charge in [0.2, 0.25) is 0 Å². The summed E-state index contributed by atoms with van der Waals surface area (Å²) in [5.41, 5.74) is 0.0703. The van der Waals surface area contributed by atoms with E-state index in [1.165, 1.54) is 0 Å². The molecule has 4 rings (SSSR count). The van der Waals surface area contributed by atoms with Crippen LogP contribution in [0, 0.1) is 34.5 Å². The quantitative estimate of drug-likeness (QED) is 0.680. The Balaban J connectivity index is 1.73. The molecular formula is C21H32O4. The Morgan fingerprint density at radius 2 is 1.88 bits per heavy atom. The smallest absolute Gasteiger partial charge is 0.156 e. The molecule has 3 saturated carbocycles. The van der Waals surface area contributed by atoms with Crippen LogP contribution in [0.5, 0.6) is 0 Å². The average molecular weight is 348 g/mol. The van der Waals surface area contributed by atoms with Crippen molar-refractivity contribution in [3.63, 3.8) is 0 Å². The Hall–Kier alpha value is -0.710. The highest BCUT2D eigenvalue weighted by molar-refractivity contribution is 5.95. The van der Waals surface area contributed by atoms with Crippen molar-refractivity contribution >= 4 is 5.78 Å². The van der Waals surface area contributed by atoms with Crippen LogP contribution in [0.1, 0.15) is 59.3 Å². The number of ketones is 1. The van der Waals surface area contributed by atoms with Crippen LogP contribution in [0.2, 0.25) is 0 Å². The van der Waals surface area contributed by atoms with Gasteiger partial charge in [-0.2, -0.15) is 0 Å². The summed E-state index contributed by atoms with van der Waals surface area (Å²) < 4.78 is 0. The highest BCUT2D eigenvalue weighted by Gasteiger charge is 2.65. The fraction of sp³-hybridized carbons (Fsp3) is 0.857. The lowest BCUT2D eigenvalue weighted by Gasteiger charge is -2.63. The SMILES string of the molecule is CC(=O)C1=CC[C@H]2[C@@H]3CCC4CC(O)CC[C@]4(C)[C@H]3C(O)C(O)[C@]12C. The van der Waals surface area contributed by atoms with Crippen molar-refractivity contribution in [3.05, 3.63) is 11.6 Å². The maximum absolute atomic E-state index is 12.2. The lowest BCUT2D eigenvalue weighted by molar-refractivity contribution is -0.215. The summed E-state index contributed by atoms with van der Waals surface area (Å²) in [7, 11) is 0. The van der Waals surface area contributed by atoms with Crippen LogP contribution in [-0.2, 0) is 4.79 Å². The summed E-state index contributed by atoms with van der Waals surface area (Å²) in [5, 5.41) is 32.4. The third kappa shape index (κ3) is 2.20. The second-order valence-corrected chi connectivity index (χ2v) is 9.63. The summed E-state index contributed by atoms with van der Waals surface area (Å²) in [4.78, 5) is 12.2. The lowest BCUT2D eigenvalue weighted by atomic mass is 9.43. The van der Waals surface area contributed by atoms with Gasteiger partial charge >= 0.3 is 0 Å². The maximum atomic E-state index is 12.2. The molecular weight excluding hydrogens is 316 g/mol. The molecule has 0 aliphatic heterocycles. The molecule has 0 radical (unpaired) electrons. The first-order valence-corrected chi connectivity index (χ1v) is 9.97. The van der Waals surface area contributed by atoms with E-state index >= 15 is 0 Å². The van der Waals surface area contributed by atoms with Crippen molar-refractivity contribution in [1.29, 1.82) is 0 Å². The zero-order valence-electron chi connectivity index (χ0n) is 15.6. The standard InChI is InChI=1S/C21H32O4/c1-11(22)15-6-7-16-14-5-4-12-10-13(23)8-9-20(12,2)17(14)18(24)19(25)21(15,16)3/h6,12-14,16-19,23-25H,4-5,7-10H2,1-3H3/t12?,13?,14-,16-,17+,18?,19?,20-,21+/m0/s1. The van der Waals surface area contributed by atoms with Gasteiger partial charge in [0.25, 0.3) is 0 Å². The van der Waals surface area contributed by atoms with Crippen molar-refractivity contribution in [1.82, 2.24) is 0 Å². The molecule has 140 valence electrons. The molecule has 0 bridgehead atoms. The van der Waals surface area contributed by atoms with Crippen LogP contribution in [0.15, 0.2) is 11.6 Å². The molecule has 0 amide bonds. The minimum atomic E-state index is -0.890. The van der Waals surface area contributed by atoms with Gasteiger partial charge in [-0.05, 0) is 80.1 Å². The van der Waals surface area contributed by atoms with E-state index < -0.39 is 17.6 Å². The molecule has 0 aromatic carbocycles. The normalized spacial score (nSPS) is 55.0. The van der Waals surface area contributed by atoms with E-state index in [1.54, 1.807) is 6.92 Å². The first-order chi connectivity index (χ1) is 11.7. The van der Waals surface area contributed by atoms with Crippen molar-refractivity contribution < 1.29 is 20.1 Å². The first-order valence-electron chi connectivity index (χ1n) is 9.97. The maximum Gasteiger partial charge on any atom is 0.156 e. The van der Waals surface area contributed by atoms with Crippen molar-refractivity contribution in [2.24, 2.45) is 34.5 Å². The molecule has 0 spiro atoms. The van der Waals surface area contributed by atoms with Gasteiger partial charge in [0.15, 0.2) is 5.78 Å². The Labute approximate surface area is 150 Å². The van der Waals surface area contributed by atoms with Gasteiger partial charge in [0, 0.05) is 5.41 Å². The minimum Gasteiger partial charge on any atom is -0.393 e. The van der Waals surface area contributed by atoms with Gasteiger partial charge in [0.05, 0.1) is 18.3 Å². The predicted octanol–water partition coefficient (Wildman–Crippen LogP) is 2.46. The van der Waals surface area contributed by atoms with E-state index in [0.29, 0.717) is 17.4 Å². The van der Waals surface area contributed by atoms with Crippen LogP contribution >= 0.6 is 0 Å². The highest BCUT2D eigenvalue weighted by Crippen LogP contribution is 2.66. The summed E-state index contributed by atoms with van der Waals surface area (Å²) in [6.45, 7) is 5.83. The molecule has 0 saturated heterocycles. The molecule has 3 fully saturated rings. The summed E-state index contributed by atoms with van der Waals surface area (Å²) >= 11 is 0. The zero-order valence-corrected chi connectivity index (χ0v) is 15.6. The molecule has 4 unspecified atom stereocenters. The molecule has 25 heavy (non-hydrogen) atoms. The number of hydrogen-bond donors (Lipinski definition) is 3. The van der Waals surface area contributed by atoms with E-state index in [4.69, 9.17) is 0 Å². The number of aliphatic hydroxyl groups excluding tert-OH is 3. The van der Waals surface area contributed by atoms with Crippen LogP contribution in [0.3, 0.4) is 0 Å². The molecule has 4 heteroatoms. The van der Waals surface area contributed by atoms with Gasteiger partial charge < -0.3 is 15.3 Å². The fourth-order valence-electron chi connectivity index (χ4n) is 7.42. The summed E-state index contributed by atoms with van der Waals surface area (Å²) in [5.74, 6) is 1.08. The monoisotopic (exact) mass is 348 g/mol. The highest BCUT2D eigenvalue weighted by atomic mass is 16.3. The molecule has 3 N–H and O–H groups in total. The molecule has 9 atom stereocenters. The number of carbonyl (C=O) groups excluding carboxylic acids is 1. The second kappa shape index (κ2) is 5.64. The number of allylic oxidation sites excluding steroid dienone is 1. The van der Waals surface area contributed by atoms with Crippen LogP contribution in [-0.4, -0.2) is 39.4 Å². The number of hydrogen-bond acceptors (Lipinski definition) is 4. The third-order valence-electron chi connectivity index (χ3n) is 8.71. The van der Waals surface area contributed by atoms with Gasteiger partial charge in [-0.3, -0.25) is 4.79 Å². The lowest BCUT2D eigenvalue weighted by Crippen LogP contribution is -2.64. The van der Waals surface area contributed by atoms with E-state index in [9.17, 15) is 20.1 Å².